The van der Waals surface area contributed by atoms with Crippen LogP contribution >= 0.6 is 23.4 Å². The van der Waals surface area contributed by atoms with Crippen molar-refractivity contribution >= 4 is 40.4 Å². The van der Waals surface area contributed by atoms with E-state index in [1.165, 1.54) is 0 Å². The number of carbonyl (C=O) groups is 1. The molecule has 0 aliphatic heterocycles. The molecule has 3 aromatic rings. The Balaban J connectivity index is 1.89. The number of ether oxygens (including phenoxy) is 1. The van der Waals surface area contributed by atoms with Crippen molar-refractivity contribution in [3.05, 3.63) is 47.1 Å². The summed E-state index contributed by atoms with van der Waals surface area (Å²) in [5.74, 6) is -0.359. The molecule has 0 aliphatic rings. The van der Waals surface area contributed by atoms with Gasteiger partial charge in [-0.3, -0.25) is 4.79 Å². The number of hydrogen-bond donors (Lipinski definition) is 0. The molecule has 0 unspecified atom stereocenters. The normalized spacial score (nSPS) is 12.4. The molecule has 0 atom stereocenters. The van der Waals surface area contributed by atoms with Crippen LogP contribution in [0.4, 0.5) is 13.2 Å². The van der Waals surface area contributed by atoms with E-state index in [-0.39, 0.29) is 29.0 Å². The molecule has 5 nitrogen and oxygen atoms in total. The molecule has 0 saturated carbocycles. The van der Waals surface area contributed by atoms with E-state index in [0.29, 0.717) is 10.7 Å². The molecule has 0 bridgehead atoms. The highest BCUT2D eigenvalue weighted by Gasteiger charge is 2.32. The minimum atomic E-state index is -4.53. The van der Waals surface area contributed by atoms with Gasteiger partial charge < -0.3 is 9.30 Å². The monoisotopic (exact) mass is 457 g/mol. The standard InChI is InChI=1S/C20H19ClF3N3O2S/c1-19(2,3)29-16(28)8-9-27-15-7-5-4-6-14(15)26-18(27)30-17-13(21)10-12(11-25-17)20(22,23)24/h4-7,10-11H,8-9H2,1-3H3. The van der Waals surface area contributed by atoms with Crippen molar-refractivity contribution in [2.24, 2.45) is 0 Å². The summed E-state index contributed by atoms with van der Waals surface area (Å²) in [7, 11) is 0. The second-order valence-electron chi connectivity index (χ2n) is 7.48. The SMILES string of the molecule is CC(C)(C)OC(=O)CCn1c(Sc2ncc(C(F)(F)F)cc2Cl)nc2ccccc21. The lowest BCUT2D eigenvalue weighted by atomic mass is 10.2. The van der Waals surface area contributed by atoms with Crippen LogP contribution in [0.5, 0.6) is 0 Å². The number of aryl methyl sites for hydroxylation is 1. The summed E-state index contributed by atoms with van der Waals surface area (Å²) in [6, 6.07) is 8.16. The van der Waals surface area contributed by atoms with Gasteiger partial charge in [-0.25, -0.2) is 9.97 Å². The Morgan fingerprint density at radius 3 is 2.57 bits per heavy atom. The fourth-order valence-corrected chi connectivity index (χ4v) is 3.85. The molecule has 0 aliphatic carbocycles. The van der Waals surface area contributed by atoms with Crippen LogP contribution in [0.25, 0.3) is 11.0 Å². The van der Waals surface area contributed by atoms with Crippen molar-refractivity contribution in [2.75, 3.05) is 0 Å². The van der Waals surface area contributed by atoms with Gasteiger partial charge in [0.25, 0.3) is 0 Å². The largest absolute Gasteiger partial charge is 0.460 e. The van der Waals surface area contributed by atoms with Gasteiger partial charge in [0.2, 0.25) is 0 Å². The number of benzene rings is 1. The van der Waals surface area contributed by atoms with E-state index in [2.05, 4.69) is 9.97 Å². The van der Waals surface area contributed by atoms with E-state index in [4.69, 9.17) is 16.3 Å². The molecule has 0 amide bonds. The van der Waals surface area contributed by atoms with E-state index < -0.39 is 17.3 Å². The predicted octanol–water partition coefficient (Wildman–Crippen LogP) is 5.99. The zero-order valence-electron chi connectivity index (χ0n) is 16.5. The summed E-state index contributed by atoms with van der Waals surface area (Å²) in [5.41, 5.74) is -0.0438. The zero-order valence-corrected chi connectivity index (χ0v) is 18.0. The minimum Gasteiger partial charge on any atom is -0.460 e. The first-order valence-corrected chi connectivity index (χ1v) is 10.2. The van der Waals surface area contributed by atoms with Crippen molar-refractivity contribution in [1.82, 2.24) is 14.5 Å². The number of para-hydroxylation sites is 2. The summed E-state index contributed by atoms with van der Waals surface area (Å²) >= 11 is 7.08. The predicted molar refractivity (Wildman–Crippen MR) is 109 cm³/mol. The van der Waals surface area contributed by atoms with Crippen LogP contribution in [0, 0.1) is 0 Å². The number of rotatable bonds is 5. The Hall–Kier alpha value is -2.26. The average molecular weight is 458 g/mol. The number of halogens is 4. The number of pyridine rings is 1. The molecule has 3 rings (SSSR count). The van der Waals surface area contributed by atoms with Gasteiger partial charge in [0.15, 0.2) is 5.16 Å². The summed E-state index contributed by atoms with van der Waals surface area (Å²) in [4.78, 5) is 20.5. The lowest BCUT2D eigenvalue weighted by Gasteiger charge is -2.19. The highest BCUT2D eigenvalue weighted by atomic mass is 35.5. The van der Waals surface area contributed by atoms with Gasteiger partial charge >= 0.3 is 12.1 Å². The molecule has 30 heavy (non-hydrogen) atoms. The Morgan fingerprint density at radius 2 is 1.93 bits per heavy atom. The Bertz CT molecular complexity index is 1080. The van der Waals surface area contributed by atoms with Crippen molar-refractivity contribution in [3.63, 3.8) is 0 Å². The summed E-state index contributed by atoms with van der Waals surface area (Å²) < 4.78 is 45.7. The molecule has 0 radical (unpaired) electrons. The molecule has 0 saturated heterocycles. The molecule has 0 spiro atoms. The molecule has 2 heterocycles. The third-order valence-corrected chi connectivity index (χ3v) is 5.31. The topological polar surface area (TPSA) is 57.0 Å². The number of aromatic nitrogens is 3. The van der Waals surface area contributed by atoms with Gasteiger partial charge in [0.05, 0.1) is 28.0 Å². The Morgan fingerprint density at radius 1 is 1.23 bits per heavy atom. The van der Waals surface area contributed by atoms with Gasteiger partial charge in [-0.2, -0.15) is 13.2 Å². The number of carbonyl (C=O) groups excluding carboxylic acids is 1. The first-order valence-electron chi connectivity index (χ1n) is 9.02. The van der Waals surface area contributed by atoms with Crippen LogP contribution in [0.15, 0.2) is 46.7 Å². The summed E-state index contributed by atoms with van der Waals surface area (Å²) in [5, 5.41) is 0.535. The number of fused-ring (bicyclic) bond motifs is 1. The first kappa shape index (κ1) is 22.4. The third-order valence-electron chi connectivity index (χ3n) is 3.90. The number of imidazole rings is 1. The molecule has 1 aromatic carbocycles. The fourth-order valence-electron chi connectivity index (χ4n) is 2.68. The third kappa shape index (κ3) is 5.46. The number of alkyl halides is 3. The van der Waals surface area contributed by atoms with Crippen LogP contribution in [0.3, 0.4) is 0 Å². The van der Waals surface area contributed by atoms with E-state index in [0.717, 1.165) is 29.5 Å². The summed E-state index contributed by atoms with van der Waals surface area (Å²) in [6.45, 7) is 5.65. The fraction of sp³-hybridized carbons (Fsp3) is 0.350. The van der Waals surface area contributed by atoms with E-state index in [1.54, 1.807) is 25.3 Å². The van der Waals surface area contributed by atoms with Gasteiger partial charge in [-0.1, -0.05) is 23.7 Å². The maximum atomic E-state index is 12.9. The highest BCUT2D eigenvalue weighted by Crippen LogP contribution is 2.37. The van der Waals surface area contributed by atoms with E-state index in [9.17, 15) is 18.0 Å². The van der Waals surface area contributed by atoms with Gasteiger partial charge in [-0.05, 0) is 50.7 Å². The van der Waals surface area contributed by atoms with Crippen LogP contribution in [-0.2, 0) is 22.3 Å². The maximum absolute atomic E-state index is 12.9. The maximum Gasteiger partial charge on any atom is 0.417 e. The van der Waals surface area contributed by atoms with Crippen molar-refractivity contribution in [1.29, 1.82) is 0 Å². The summed E-state index contributed by atoms with van der Waals surface area (Å²) in [6.07, 6.45) is -3.68. The van der Waals surface area contributed by atoms with E-state index >= 15 is 0 Å². The van der Waals surface area contributed by atoms with Crippen molar-refractivity contribution in [2.45, 2.75) is 55.7 Å². The Kier molecular flexibility index (Phi) is 6.33. The average Bonchev–Trinajstić information content (AvgIpc) is 2.96. The van der Waals surface area contributed by atoms with E-state index in [1.807, 2.05) is 24.3 Å². The molecule has 0 N–H and O–H groups in total. The van der Waals surface area contributed by atoms with Gasteiger partial charge in [0, 0.05) is 12.7 Å². The smallest absolute Gasteiger partial charge is 0.417 e. The second-order valence-corrected chi connectivity index (χ2v) is 8.85. The van der Waals surface area contributed by atoms with Crippen LogP contribution in [-0.4, -0.2) is 26.1 Å². The zero-order chi connectivity index (χ0) is 22.1. The highest BCUT2D eigenvalue weighted by molar-refractivity contribution is 7.99. The number of esters is 1. The molecule has 2 aromatic heterocycles. The number of hydrogen-bond acceptors (Lipinski definition) is 5. The molecule has 160 valence electrons. The number of nitrogens with zero attached hydrogens (tertiary/aromatic N) is 3. The molecule has 0 fully saturated rings. The van der Waals surface area contributed by atoms with Crippen molar-refractivity contribution in [3.8, 4) is 0 Å². The van der Waals surface area contributed by atoms with Gasteiger partial charge in [-0.15, -0.1) is 0 Å². The minimum absolute atomic E-state index is 0.110. The Labute approximate surface area is 180 Å². The van der Waals surface area contributed by atoms with Crippen molar-refractivity contribution < 1.29 is 22.7 Å². The van der Waals surface area contributed by atoms with Crippen LogP contribution in [0.2, 0.25) is 5.02 Å². The quantitative estimate of drug-likeness (QED) is 0.441. The van der Waals surface area contributed by atoms with Crippen LogP contribution in [0.1, 0.15) is 32.8 Å². The van der Waals surface area contributed by atoms with Crippen LogP contribution < -0.4 is 0 Å². The van der Waals surface area contributed by atoms with Gasteiger partial charge in [0.1, 0.15) is 10.6 Å². The first-order chi connectivity index (χ1) is 13.9. The second kappa shape index (κ2) is 8.47. The molecular formula is C20H19ClF3N3O2S. The lowest BCUT2D eigenvalue weighted by molar-refractivity contribution is -0.155. The molecular weight excluding hydrogens is 439 g/mol. The lowest BCUT2D eigenvalue weighted by Crippen LogP contribution is -2.24. The molecule has 10 heteroatoms.